The van der Waals surface area contributed by atoms with Gasteiger partial charge in [0, 0.05) is 38.3 Å². The number of nitrogens with one attached hydrogen (secondary N) is 2. The van der Waals surface area contributed by atoms with Gasteiger partial charge < -0.3 is 15.5 Å². The number of carbonyl (C=O) groups is 1. The molecule has 2 N–H and O–H groups in total. The lowest BCUT2D eigenvalue weighted by molar-refractivity contribution is 0.0953. The molecule has 1 amide bonds. The van der Waals surface area contributed by atoms with Gasteiger partial charge in [0.1, 0.15) is 0 Å². The number of hydrogen-bond donors (Lipinski definition) is 2. The molecule has 3 rings (SSSR count). The maximum Gasteiger partial charge on any atom is 0.251 e. The monoisotopic (exact) mass is 297 g/mol. The molecule has 0 spiro atoms. The van der Waals surface area contributed by atoms with Crippen molar-refractivity contribution in [3.05, 3.63) is 48.0 Å². The molecular weight excluding hydrogens is 274 g/mol. The highest BCUT2D eigenvalue weighted by Crippen LogP contribution is 2.18. The van der Waals surface area contributed by atoms with E-state index in [2.05, 4.69) is 15.5 Å². The summed E-state index contributed by atoms with van der Waals surface area (Å²) in [6.45, 7) is 6.14. The van der Waals surface area contributed by atoms with Gasteiger partial charge in [0.2, 0.25) is 0 Å². The molecule has 116 valence electrons. The van der Waals surface area contributed by atoms with E-state index in [4.69, 9.17) is 0 Å². The van der Waals surface area contributed by atoms with Crippen molar-refractivity contribution in [3.8, 4) is 0 Å². The summed E-state index contributed by atoms with van der Waals surface area (Å²) in [5, 5.41) is 8.53. The lowest BCUT2D eigenvalue weighted by Crippen LogP contribution is -2.44. The largest absolute Gasteiger partial charge is 0.352 e. The fraction of sp³-hybridized carbons (Fsp3) is 0.389. The van der Waals surface area contributed by atoms with Crippen LogP contribution in [0.5, 0.6) is 0 Å². The minimum atomic E-state index is 0.0251. The van der Waals surface area contributed by atoms with Gasteiger partial charge in [0.15, 0.2) is 0 Å². The average molecular weight is 297 g/mol. The summed E-state index contributed by atoms with van der Waals surface area (Å²) < 4.78 is 0. The van der Waals surface area contributed by atoms with Crippen LogP contribution in [0.4, 0.5) is 0 Å². The molecule has 2 aromatic carbocycles. The third kappa shape index (κ3) is 3.64. The van der Waals surface area contributed by atoms with Crippen molar-refractivity contribution < 1.29 is 4.79 Å². The van der Waals surface area contributed by atoms with Crippen molar-refractivity contribution in [2.45, 2.75) is 6.42 Å². The first kappa shape index (κ1) is 15.0. The Kier molecular flexibility index (Phi) is 5.03. The number of hydrogen-bond acceptors (Lipinski definition) is 3. The quantitative estimate of drug-likeness (QED) is 0.828. The Balaban J connectivity index is 1.53. The van der Waals surface area contributed by atoms with Crippen molar-refractivity contribution in [2.75, 3.05) is 39.3 Å². The molecule has 4 nitrogen and oxygen atoms in total. The van der Waals surface area contributed by atoms with Crippen molar-refractivity contribution >= 4 is 16.7 Å². The van der Waals surface area contributed by atoms with Crippen LogP contribution in [0, 0.1) is 0 Å². The summed E-state index contributed by atoms with van der Waals surface area (Å²) in [4.78, 5) is 14.8. The predicted octanol–water partition coefficient (Wildman–Crippen LogP) is 1.86. The van der Waals surface area contributed by atoms with Crippen molar-refractivity contribution in [2.24, 2.45) is 0 Å². The smallest absolute Gasteiger partial charge is 0.251 e. The van der Waals surface area contributed by atoms with E-state index >= 15 is 0 Å². The van der Waals surface area contributed by atoms with Crippen LogP contribution < -0.4 is 10.6 Å². The van der Waals surface area contributed by atoms with E-state index in [1.807, 2.05) is 42.5 Å². The number of amides is 1. The number of benzene rings is 2. The Morgan fingerprint density at radius 3 is 2.73 bits per heavy atom. The first-order chi connectivity index (χ1) is 10.8. The molecule has 1 aliphatic rings. The van der Waals surface area contributed by atoms with Gasteiger partial charge in [-0.1, -0.05) is 36.4 Å². The van der Waals surface area contributed by atoms with Gasteiger partial charge in [-0.15, -0.1) is 0 Å². The van der Waals surface area contributed by atoms with E-state index < -0.39 is 0 Å². The fourth-order valence-electron chi connectivity index (χ4n) is 2.96. The van der Waals surface area contributed by atoms with E-state index in [0.717, 1.165) is 62.0 Å². The van der Waals surface area contributed by atoms with Crippen LogP contribution in [0.25, 0.3) is 10.8 Å². The summed E-state index contributed by atoms with van der Waals surface area (Å²) in [6, 6.07) is 13.9. The number of nitrogens with zero attached hydrogens (tertiary/aromatic N) is 1. The first-order valence-corrected chi connectivity index (χ1v) is 8.03. The average Bonchev–Trinajstić information content (AvgIpc) is 2.59. The molecule has 22 heavy (non-hydrogen) atoms. The zero-order chi connectivity index (χ0) is 15.2. The highest BCUT2D eigenvalue weighted by Gasteiger charge is 2.10. The van der Waals surface area contributed by atoms with Gasteiger partial charge in [-0.05, 0) is 29.8 Å². The molecule has 0 aliphatic carbocycles. The maximum absolute atomic E-state index is 12.4. The van der Waals surface area contributed by atoms with Crippen LogP contribution in [-0.4, -0.2) is 50.1 Å². The van der Waals surface area contributed by atoms with Crippen LogP contribution in [0.2, 0.25) is 0 Å². The molecule has 0 atom stereocenters. The fourth-order valence-corrected chi connectivity index (χ4v) is 2.96. The Morgan fingerprint density at radius 1 is 1.09 bits per heavy atom. The molecule has 1 saturated heterocycles. The van der Waals surface area contributed by atoms with E-state index in [-0.39, 0.29) is 5.91 Å². The standard InChI is InChI=1S/C18H23N3O/c22-18(20-9-4-12-21-13-10-19-11-14-21)17-8-3-6-15-5-1-2-7-16(15)17/h1-3,5-8,19H,4,9-14H2,(H,20,22). The Hall–Kier alpha value is -1.91. The highest BCUT2D eigenvalue weighted by molar-refractivity contribution is 6.06. The lowest BCUT2D eigenvalue weighted by atomic mass is 10.0. The number of carbonyl (C=O) groups excluding carboxylic acids is 1. The Bertz CT molecular complexity index is 630. The first-order valence-electron chi connectivity index (χ1n) is 8.03. The van der Waals surface area contributed by atoms with Gasteiger partial charge in [0.05, 0.1) is 0 Å². The molecule has 4 heteroatoms. The molecule has 0 bridgehead atoms. The molecule has 0 saturated carbocycles. The molecule has 1 aliphatic heterocycles. The molecule has 2 aromatic rings. The number of piperazine rings is 1. The predicted molar refractivity (Wildman–Crippen MR) is 90.2 cm³/mol. The second kappa shape index (κ2) is 7.38. The Morgan fingerprint density at radius 2 is 1.86 bits per heavy atom. The van der Waals surface area contributed by atoms with E-state index in [9.17, 15) is 4.79 Å². The third-order valence-corrected chi connectivity index (χ3v) is 4.18. The van der Waals surface area contributed by atoms with E-state index in [1.54, 1.807) is 0 Å². The van der Waals surface area contributed by atoms with E-state index in [1.165, 1.54) is 0 Å². The minimum absolute atomic E-state index is 0.0251. The molecular formula is C18H23N3O. The molecule has 0 aromatic heterocycles. The minimum Gasteiger partial charge on any atom is -0.352 e. The summed E-state index contributed by atoms with van der Waals surface area (Å²) in [5.74, 6) is 0.0251. The maximum atomic E-state index is 12.4. The number of rotatable bonds is 5. The van der Waals surface area contributed by atoms with Gasteiger partial charge in [-0.25, -0.2) is 0 Å². The van der Waals surface area contributed by atoms with Crippen molar-refractivity contribution in [1.29, 1.82) is 0 Å². The summed E-state index contributed by atoms with van der Waals surface area (Å²) in [5.41, 5.74) is 0.764. The third-order valence-electron chi connectivity index (χ3n) is 4.18. The molecule has 1 heterocycles. The van der Waals surface area contributed by atoms with Crippen LogP contribution >= 0.6 is 0 Å². The normalized spacial score (nSPS) is 15.8. The lowest BCUT2D eigenvalue weighted by Gasteiger charge is -2.27. The van der Waals surface area contributed by atoms with Crippen LogP contribution in [0.1, 0.15) is 16.8 Å². The van der Waals surface area contributed by atoms with Gasteiger partial charge >= 0.3 is 0 Å². The highest BCUT2D eigenvalue weighted by atomic mass is 16.1. The summed E-state index contributed by atoms with van der Waals surface area (Å²) in [7, 11) is 0. The second-order valence-electron chi connectivity index (χ2n) is 5.73. The topological polar surface area (TPSA) is 44.4 Å². The molecule has 0 radical (unpaired) electrons. The van der Waals surface area contributed by atoms with Gasteiger partial charge in [-0.3, -0.25) is 4.79 Å². The zero-order valence-electron chi connectivity index (χ0n) is 12.8. The van der Waals surface area contributed by atoms with Gasteiger partial charge in [-0.2, -0.15) is 0 Å². The van der Waals surface area contributed by atoms with Crippen LogP contribution in [-0.2, 0) is 0 Å². The summed E-state index contributed by atoms with van der Waals surface area (Å²) in [6.07, 6.45) is 0.997. The molecule has 0 unspecified atom stereocenters. The van der Waals surface area contributed by atoms with Gasteiger partial charge in [0.25, 0.3) is 5.91 Å². The number of fused-ring (bicyclic) bond motifs is 1. The van der Waals surface area contributed by atoms with Crippen molar-refractivity contribution in [1.82, 2.24) is 15.5 Å². The van der Waals surface area contributed by atoms with Crippen LogP contribution in [0.15, 0.2) is 42.5 Å². The second-order valence-corrected chi connectivity index (χ2v) is 5.73. The van der Waals surface area contributed by atoms with Crippen molar-refractivity contribution in [3.63, 3.8) is 0 Å². The summed E-state index contributed by atoms with van der Waals surface area (Å²) >= 11 is 0. The Labute approximate surface area is 131 Å². The van der Waals surface area contributed by atoms with Crippen LogP contribution in [0.3, 0.4) is 0 Å². The zero-order valence-corrected chi connectivity index (χ0v) is 12.8. The molecule has 1 fully saturated rings. The SMILES string of the molecule is O=C(NCCCN1CCNCC1)c1cccc2ccccc12. The van der Waals surface area contributed by atoms with E-state index in [0.29, 0.717) is 0 Å².